The molecule has 2 aliphatic heterocycles. The van der Waals surface area contributed by atoms with Crippen molar-refractivity contribution < 1.29 is 26.3 Å². The first-order chi connectivity index (χ1) is 17.8. The number of piperidine rings is 1. The van der Waals surface area contributed by atoms with Gasteiger partial charge in [-0.2, -0.15) is 13.2 Å². The van der Waals surface area contributed by atoms with Crippen LogP contribution in [0.25, 0.3) is 0 Å². The molecule has 0 amide bonds. The van der Waals surface area contributed by atoms with Crippen molar-refractivity contribution >= 4 is 15.9 Å². The molecule has 2 unspecified atom stereocenters. The largest absolute Gasteiger partial charge is 0.472 e. The van der Waals surface area contributed by atoms with Crippen molar-refractivity contribution in [2.45, 2.75) is 94.6 Å². The predicted molar refractivity (Wildman–Crippen MR) is 140 cm³/mol. The summed E-state index contributed by atoms with van der Waals surface area (Å²) < 4.78 is 75.4. The summed E-state index contributed by atoms with van der Waals surface area (Å²) in [6.45, 7) is 5.04. The highest BCUT2D eigenvalue weighted by atomic mass is 32.2. The van der Waals surface area contributed by atoms with E-state index in [9.17, 15) is 21.6 Å². The molecule has 38 heavy (non-hydrogen) atoms. The van der Waals surface area contributed by atoms with Gasteiger partial charge in [0, 0.05) is 13.0 Å². The van der Waals surface area contributed by atoms with Crippen LogP contribution in [0.2, 0.25) is 0 Å². The van der Waals surface area contributed by atoms with Crippen LogP contribution in [0.3, 0.4) is 0 Å². The van der Waals surface area contributed by atoms with Gasteiger partial charge >= 0.3 is 6.18 Å². The maximum Gasteiger partial charge on any atom is 0.390 e. The van der Waals surface area contributed by atoms with Crippen LogP contribution in [-0.4, -0.2) is 50.6 Å². The Hall–Kier alpha value is -1.61. The highest BCUT2D eigenvalue weighted by Crippen LogP contribution is 2.67. The smallest absolute Gasteiger partial charge is 0.390 e. The molecule has 4 saturated carbocycles. The minimum Gasteiger partial charge on any atom is -0.472 e. The molecule has 6 aliphatic rings. The Morgan fingerprint density at radius 2 is 1.61 bits per heavy atom. The van der Waals surface area contributed by atoms with E-state index in [0.29, 0.717) is 36.9 Å². The molecule has 0 N–H and O–H groups in total. The lowest BCUT2D eigenvalue weighted by Crippen LogP contribution is -2.44. The summed E-state index contributed by atoms with van der Waals surface area (Å²) >= 11 is 0. The SMILES string of the molecule is CC1(C)OC(CC23CC4CC(CC2C4)C3)=NS(=O)(=O)[C@H]1c1ccc(C2CCN(CCC(F)(F)F)CC2)cc1. The van der Waals surface area contributed by atoms with Gasteiger partial charge in [-0.25, -0.2) is 8.42 Å². The van der Waals surface area contributed by atoms with Crippen LogP contribution in [0.5, 0.6) is 0 Å². The van der Waals surface area contributed by atoms with Gasteiger partial charge < -0.3 is 9.64 Å². The number of likely N-dealkylation sites (tertiary alicyclic amines) is 1. The van der Waals surface area contributed by atoms with Crippen molar-refractivity contribution in [2.75, 3.05) is 19.6 Å². The quantitative estimate of drug-likeness (QED) is 0.398. The van der Waals surface area contributed by atoms with Crippen molar-refractivity contribution in [1.29, 1.82) is 0 Å². The van der Waals surface area contributed by atoms with Gasteiger partial charge in [0.25, 0.3) is 10.0 Å². The summed E-state index contributed by atoms with van der Waals surface area (Å²) in [4.78, 5) is 1.88. The number of rotatable bonds is 6. The minimum absolute atomic E-state index is 0.0508. The predicted octanol–water partition coefficient (Wildman–Crippen LogP) is 6.61. The van der Waals surface area contributed by atoms with Crippen LogP contribution in [-0.2, 0) is 14.8 Å². The molecule has 1 aromatic rings. The van der Waals surface area contributed by atoms with Crippen LogP contribution in [0, 0.1) is 23.2 Å². The summed E-state index contributed by atoms with van der Waals surface area (Å²) in [5, 5.41) is -0.883. The summed E-state index contributed by atoms with van der Waals surface area (Å²) in [6.07, 6.45) is 3.61. The molecule has 210 valence electrons. The van der Waals surface area contributed by atoms with E-state index in [1.165, 1.54) is 32.1 Å². The van der Waals surface area contributed by atoms with E-state index in [1.807, 2.05) is 43.0 Å². The molecule has 4 aliphatic carbocycles. The summed E-state index contributed by atoms with van der Waals surface area (Å²) in [7, 11) is -3.81. The lowest BCUT2D eigenvalue weighted by atomic mass is 9.73. The standard InChI is InChI=1S/C29H39F3N2O3S/c1-27(2)26(23-5-3-21(4-6-23)22-7-10-34(11-8-22)12-9-29(30,31)32)38(35,36)33-25(37-27)18-28-16-19-13-20(17-28)15-24(28)14-19/h3-6,19-20,22,24,26H,7-18H2,1-2H3/t19?,20?,24?,26-,28?/m0/s1. The lowest BCUT2D eigenvalue weighted by molar-refractivity contribution is -0.138. The zero-order chi connectivity index (χ0) is 26.9. The van der Waals surface area contributed by atoms with Gasteiger partial charge in [0.05, 0.1) is 6.42 Å². The van der Waals surface area contributed by atoms with Crippen LogP contribution in [0.4, 0.5) is 13.2 Å². The molecule has 4 bridgehead atoms. The molecule has 0 spiro atoms. The maximum atomic E-state index is 13.5. The Bertz CT molecular complexity index is 1170. The molecule has 9 heteroatoms. The van der Waals surface area contributed by atoms with Gasteiger partial charge in [0.2, 0.25) is 5.90 Å². The fraction of sp³-hybridized carbons (Fsp3) is 0.759. The summed E-state index contributed by atoms with van der Waals surface area (Å²) in [5.41, 5.74) is 1.01. The Kier molecular flexibility index (Phi) is 6.45. The zero-order valence-corrected chi connectivity index (χ0v) is 23.2. The highest BCUT2D eigenvalue weighted by molar-refractivity contribution is 7.90. The molecule has 5 nitrogen and oxygen atoms in total. The number of halogens is 3. The first kappa shape index (κ1) is 26.6. The van der Waals surface area contributed by atoms with Crippen LogP contribution in [0.15, 0.2) is 28.7 Å². The first-order valence-electron chi connectivity index (χ1n) is 14.2. The van der Waals surface area contributed by atoms with E-state index in [0.717, 1.165) is 30.2 Å². The monoisotopic (exact) mass is 552 g/mol. The van der Waals surface area contributed by atoms with Gasteiger partial charge in [-0.1, -0.05) is 24.3 Å². The second-order valence-electron chi connectivity index (χ2n) is 13.3. The maximum absolute atomic E-state index is 13.5. The average molecular weight is 553 g/mol. The Labute approximate surface area is 224 Å². The molecule has 1 saturated heterocycles. The molecule has 2 heterocycles. The Balaban J connectivity index is 1.13. The van der Waals surface area contributed by atoms with E-state index in [4.69, 9.17) is 4.74 Å². The summed E-state index contributed by atoms with van der Waals surface area (Å²) in [6, 6.07) is 7.69. The van der Waals surface area contributed by atoms with Gasteiger partial charge in [-0.3, -0.25) is 0 Å². The van der Waals surface area contributed by atoms with Gasteiger partial charge in [0.1, 0.15) is 10.9 Å². The highest BCUT2D eigenvalue weighted by Gasteiger charge is 2.59. The third-order valence-electron chi connectivity index (χ3n) is 10.2. The first-order valence-corrected chi connectivity index (χ1v) is 15.7. The normalized spacial score (nSPS) is 36.3. The molecule has 3 atom stereocenters. The summed E-state index contributed by atoms with van der Waals surface area (Å²) in [5.74, 6) is 2.93. The lowest BCUT2D eigenvalue weighted by Gasteiger charge is -2.40. The molecule has 0 radical (unpaired) electrons. The van der Waals surface area contributed by atoms with E-state index in [1.54, 1.807) is 0 Å². The van der Waals surface area contributed by atoms with Crippen molar-refractivity contribution in [3.63, 3.8) is 0 Å². The van der Waals surface area contributed by atoms with Crippen molar-refractivity contribution in [2.24, 2.45) is 27.6 Å². The van der Waals surface area contributed by atoms with Crippen LogP contribution in [0.1, 0.15) is 93.9 Å². The zero-order valence-electron chi connectivity index (χ0n) is 22.3. The minimum atomic E-state index is -4.12. The number of ether oxygens (including phenoxy) is 1. The molecular formula is C29H39F3N2O3S. The topological polar surface area (TPSA) is 59.0 Å². The Morgan fingerprint density at radius 3 is 2.18 bits per heavy atom. The van der Waals surface area contributed by atoms with Crippen molar-refractivity contribution in [3.05, 3.63) is 35.4 Å². The Morgan fingerprint density at radius 1 is 1.00 bits per heavy atom. The number of sulfonamides is 1. The molecular weight excluding hydrogens is 513 g/mol. The third-order valence-corrected chi connectivity index (χ3v) is 12.1. The molecule has 0 aromatic heterocycles. The third kappa shape index (κ3) is 5.02. The molecule has 5 fully saturated rings. The average Bonchev–Trinajstić information content (AvgIpc) is 3.19. The number of benzene rings is 1. The number of nitrogens with zero attached hydrogens (tertiary/aromatic N) is 2. The van der Waals surface area contributed by atoms with Gasteiger partial charge in [-0.05, 0) is 112 Å². The van der Waals surface area contributed by atoms with Gasteiger partial charge in [-0.15, -0.1) is 4.40 Å². The fourth-order valence-electron chi connectivity index (χ4n) is 8.84. The van der Waals surface area contributed by atoms with E-state index in [2.05, 4.69) is 4.40 Å². The van der Waals surface area contributed by atoms with E-state index < -0.39 is 33.5 Å². The molecule has 7 rings (SSSR count). The fourth-order valence-corrected chi connectivity index (χ4v) is 10.6. The van der Waals surface area contributed by atoms with Crippen LogP contribution >= 0.6 is 0 Å². The van der Waals surface area contributed by atoms with E-state index in [-0.39, 0.29) is 17.9 Å². The number of hydrogen-bond acceptors (Lipinski definition) is 4. The number of alkyl halides is 3. The second kappa shape index (κ2) is 9.22. The van der Waals surface area contributed by atoms with Gasteiger partial charge in [0.15, 0.2) is 0 Å². The number of hydrogen-bond donors (Lipinski definition) is 0. The van der Waals surface area contributed by atoms with Crippen molar-refractivity contribution in [1.82, 2.24) is 4.90 Å². The van der Waals surface area contributed by atoms with Crippen LogP contribution < -0.4 is 0 Å². The van der Waals surface area contributed by atoms with E-state index >= 15 is 0 Å². The van der Waals surface area contributed by atoms with Crippen molar-refractivity contribution in [3.8, 4) is 0 Å². The molecule has 1 aromatic carbocycles. The second-order valence-corrected chi connectivity index (χ2v) is 15.0.